The molecule has 0 aliphatic heterocycles. The van der Waals surface area contributed by atoms with E-state index in [-0.39, 0.29) is 11.8 Å². The Morgan fingerprint density at radius 1 is 1.18 bits per heavy atom. The summed E-state index contributed by atoms with van der Waals surface area (Å²) in [6.45, 7) is 2.05. The summed E-state index contributed by atoms with van der Waals surface area (Å²) in [6.07, 6.45) is 0.406. The number of hydrogen-bond acceptors (Lipinski definition) is 4. The molecule has 2 amide bonds. The average Bonchev–Trinajstić information content (AvgIpc) is 2.96. The van der Waals surface area contributed by atoms with Crippen LogP contribution >= 0.6 is 23.1 Å². The molecule has 0 radical (unpaired) electrons. The molecule has 0 aliphatic rings. The van der Waals surface area contributed by atoms with Crippen LogP contribution in [-0.4, -0.2) is 24.6 Å². The van der Waals surface area contributed by atoms with Crippen molar-refractivity contribution in [1.29, 1.82) is 0 Å². The summed E-state index contributed by atoms with van der Waals surface area (Å²) in [7, 11) is 1.57. The van der Waals surface area contributed by atoms with Gasteiger partial charge in [0, 0.05) is 24.1 Å². The van der Waals surface area contributed by atoms with Crippen molar-refractivity contribution in [2.45, 2.75) is 18.2 Å². The summed E-state index contributed by atoms with van der Waals surface area (Å²) in [5, 5.41) is 7.76. The van der Waals surface area contributed by atoms with Gasteiger partial charge in [-0.05, 0) is 30.5 Å². The van der Waals surface area contributed by atoms with Gasteiger partial charge in [-0.2, -0.15) is 0 Å². The van der Waals surface area contributed by atoms with Gasteiger partial charge in [-0.3, -0.25) is 9.59 Å². The van der Waals surface area contributed by atoms with Crippen molar-refractivity contribution >= 4 is 39.9 Å². The molecule has 2 N–H and O–H groups in total. The lowest BCUT2D eigenvalue weighted by atomic mass is 10.2. The van der Waals surface area contributed by atoms with Crippen LogP contribution in [0.5, 0.6) is 0 Å². The zero-order valence-electron chi connectivity index (χ0n) is 12.5. The van der Waals surface area contributed by atoms with Crippen LogP contribution in [0.1, 0.15) is 22.3 Å². The van der Waals surface area contributed by atoms with Gasteiger partial charge in [-0.25, -0.2) is 0 Å². The monoisotopic (exact) mass is 334 g/mol. The molecule has 6 heteroatoms. The van der Waals surface area contributed by atoms with Crippen molar-refractivity contribution in [1.82, 2.24) is 5.32 Å². The standard InChI is InChI=1S/C16H18N2O2S2/c1-11-3-5-12(6-4-11)21-10-8-14(19)18-16-13(7-9-22-16)15(20)17-2/h3-7,9H,8,10H2,1-2H3,(H,17,20)(H,18,19). The molecule has 0 aliphatic carbocycles. The van der Waals surface area contributed by atoms with E-state index in [9.17, 15) is 9.59 Å². The molecule has 4 nitrogen and oxygen atoms in total. The second-order valence-corrected chi connectivity index (χ2v) is 6.79. The first-order valence-corrected chi connectivity index (χ1v) is 8.75. The molecule has 0 saturated carbocycles. The predicted octanol–water partition coefficient (Wildman–Crippen LogP) is 3.54. The Labute approximate surface area is 138 Å². The van der Waals surface area contributed by atoms with Gasteiger partial charge in [0.25, 0.3) is 5.91 Å². The number of carbonyl (C=O) groups excluding carboxylic acids is 2. The minimum atomic E-state index is -0.189. The second-order valence-electron chi connectivity index (χ2n) is 4.70. The zero-order chi connectivity index (χ0) is 15.9. The van der Waals surface area contributed by atoms with Crippen molar-refractivity contribution in [3.63, 3.8) is 0 Å². The third-order valence-electron chi connectivity index (χ3n) is 3.01. The van der Waals surface area contributed by atoms with Gasteiger partial charge in [0.1, 0.15) is 5.00 Å². The summed E-state index contributed by atoms with van der Waals surface area (Å²) in [4.78, 5) is 24.8. The van der Waals surface area contributed by atoms with Gasteiger partial charge in [0.2, 0.25) is 5.91 Å². The molecule has 2 aromatic rings. The summed E-state index contributed by atoms with van der Waals surface area (Å²) in [5.41, 5.74) is 1.73. The predicted molar refractivity (Wildman–Crippen MR) is 92.9 cm³/mol. The lowest BCUT2D eigenvalue weighted by Gasteiger charge is -2.06. The van der Waals surface area contributed by atoms with Gasteiger partial charge in [-0.15, -0.1) is 23.1 Å². The molecule has 1 heterocycles. The van der Waals surface area contributed by atoms with Gasteiger partial charge in [0.05, 0.1) is 5.56 Å². The zero-order valence-corrected chi connectivity index (χ0v) is 14.1. The third kappa shape index (κ3) is 4.61. The number of benzene rings is 1. The molecule has 2 rings (SSSR count). The van der Waals surface area contributed by atoms with Gasteiger partial charge < -0.3 is 10.6 Å². The Kier molecular flexibility index (Phi) is 6.03. The van der Waals surface area contributed by atoms with E-state index in [0.29, 0.717) is 22.7 Å². The largest absolute Gasteiger partial charge is 0.355 e. The number of hydrogen-bond donors (Lipinski definition) is 2. The Bertz CT molecular complexity index is 650. The fraction of sp³-hybridized carbons (Fsp3) is 0.250. The van der Waals surface area contributed by atoms with Gasteiger partial charge >= 0.3 is 0 Å². The van der Waals surface area contributed by atoms with Crippen molar-refractivity contribution < 1.29 is 9.59 Å². The average molecular weight is 334 g/mol. The van der Waals surface area contributed by atoms with Crippen LogP contribution < -0.4 is 10.6 Å². The third-order valence-corrected chi connectivity index (χ3v) is 4.85. The fourth-order valence-corrected chi connectivity index (χ4v) is 3.46. The maximum Gasteiger partial charge on any atom is 0.254 e. The van der Waals surface area contributed by atoms with Gasteiger partial charge in [0.15, 0.2) is 0 Å². The molecule has 22 heavy (non-hydrogen) atoms. The first kappa shape index (κ1) is 16.6. The van der Waals surface area contributed by atoms with Crippen LogP contribution in [0.25, 0.3) is 0 Å². The SMILES string of the molecule is CNC(=O)c1ccsc1NC(=O)CCSc1ccc(C)cc1. The molecule has 0 saturated heterocycles. The van der Waals surface area contributed by atoms with Crippen LogP contribution in [0.4, 0.5) is 5.00 Å². The van der Waals surface area contributed by atoms with Gasteiger partial charge in [-0.1, -0.05) is 17.7 Å². The minimum absolute atomic E-state index is 0.0767. The van der Waals surface area contributed by atoms with E-state index in [4.69, 9.17) is 0 Å². The minimum Gasteiger partial charge on any atom is -0.355 e. The lowest BCUT2D eigenvalue weighted by Crippen LogP contribution is -2.20. The highest BCUT2D eigenvalue weighted by Gasteiger charge is 2.13. The number of amides is 2. The van der Waals surface area contributed by atoms with Crippen molar-refractivity contribution in [3.8, 4) is 0 Å². The Morgan fingerprint density at radius 2 is 1.91 bits per heavy atom. The summed E-state index contributed by atoms with van der Waals surface area (Å²) >= 11 is 3.00. The van der Waals surface area contributed by atoms with Crippen LogP contribution in [0.15, 0.2) is 40.6 Å². The molecule has 0 unspecified atom stereocenters. The number of thioether (sulfide) groups is 1. The van der Waals surface area contributed by atoms with Crippen LogP contribution in [-0.2, 0) is 4.79 Å². The highest BCUT2D eigenvalue weighted by Crippen LogP contribution is 2.24. The normalized spacial score (nSPS) is 10.3. The molecule has 1 aromatic heterocycles. The molecular weight excluding hydrogens is 316 g/mol. The van der Waals surface area contributed by atoms with E-state index < -0.39 is 0 Å². The highest BCUT2D eigenvalue weighted by molar-refractivity contribution is 7.99. The molecule has 0 fully saturated rings. The number of anilines is 1. The van der Waals surface area contributed by atoms with E-state index in [1.807, 2.05) is 6.92 Å². The molecule has 1 aromatic carbocycles. The lowest BCUT2D eigenvalue weighted by molar-refractivity contribution is -0.115. The number of aryl methyl sites for hydroxylation is 1. The quantitative estimate of drug-likeness (QED) is 0.795. The van der Waals surface area contributed by atoms with Crippen LogP contribution in [0.2, 0.25) is 0 Å². The summed E-state index contributed by atoms with van der Waals surface area (Å²) < 4.78 is 0. The Balaban J connectivity index is 1.82. The highest BCUT2D eigenvalue weighted by atomic mass is 32.2. The topological polar surface area (TPSA) is 58.2 Å². The molecule has 0 atom stereocenters. The summed E-state index contributed by atoms with van der Waals surface area (Å²) in [6, 6.07) is 9.94. The Hall–Kier alpha value is -1.79. The first-order valence-electron chi connectivity index (χ1n) is 6.89. The fourth-order valence-electron chi connectivity index (χ4n) is 1.80. The molecular formula is C16H18N2O2S2. The van der Waals surface area contributed by atoms with E-state index in [1.54, 1.807) is 30.3 Å². The van der Waals surface area contributed by atoms with E-state index in [1.165, 1.54) is 16.9 Å². The van der Waals surface area contributed by atoms with Crippen molar-refractivity contribution in [3.05, 3.63) is 46.8 Å². The van der Waals surface area contributed by atoms with E-state index >= 15 is 0 Å². The van der Waals surface area contributed by atoms with Crippen LogP contribution in [0.3, 0.4) is 0 Å². The molecule has 0 spiro atoms. The number of rotatable bonds is 6. The first-order chi connectivity index (χ1) is 10.6. The van der Waals surface area contributed by atoms with Crippen molar-refractivity contribution in [2.75, 3.05) is 18.1 Å². The number of nitrogens with one attached hydrogen (secondary N) is 2. The van der Waals surface area contributed by atoms with Crippen molar-refractivity contribution in [2.24, 2.45) is 0 Å². The maximum atomic E-state index is 12.0. The molecule has 116 valence electrons. The Morgan fingerprint density at radius 3 is 2.59 bits per heavy atom. The number of thiophene rings is 1. The second kappa shape index (κ2) is 8.00. The van der Waals surface area contributed by atoms with Crippen LogP contribution in [0, 0.1) is 6.92 Å². The smallest absolute Gasteiger partial charge is 0.254 e. The number of carbonyl (C=O) groups is 2. The maximum absolute atomic E-state index is 12.0. The van der Waals surface area contributed by atoms with E-state index in [2.05, 4.69) is 34.9 Å². The molecule has 0 bridgehead atoms. The van der Waals surface area contributed by atoms with E-state index in [0.717, 1.165) is 4.90 Å². The summed E-state index contributed by atoms with van der Waals surface area (Å²) in [5.74, 6) is 0.438.